The van der Waals surface area contributed by atoms with E-state index in [9.17, 15) is 4.79 Å². The third kappa shape index (κ3) is 2.48. The van der Waals surface area contributed by atoms with Gasteiger partial charge in [0, 0.05) is 22.5 Å². The second-order valence-corrected chi connectivity index (χ2v) is 5.13. The number of carboxylic acid groups (broad SMARTS) is 1. The van der Waals surface area contributed by atoms with Crippen molar-refractivity contribution in [3.05, 3.63) is 39.5 Å². The first kappa shape index (κ1) is 13.3. The van der Waals surface area contributed by atoms with Crippen LogP contribution in [0, 0.1) is 0 Å². The molecule has 3 N–H and O–H groups in total. The van der Waals surface area contributed by atoms with Crippen molar-refractivity contribution in [2.75, 3.05) is 0 Å². The molecule has 0 aliphatic carbocycles. The first-order chi connectivity index (χ1) is 8.50. The molecule has 0 spiro atoms. The van der Waals surface area contributed by atoms with Gasteiger partial charge in [-0.15, -0.1) is 0 Å². The van der Waals surface area contributed by atoms with Gasteiger partial charge >= 0.3 is 5.97 Å². The van der Waals surface area contributed by atoms with Crippen LogP contribution in [0.5, 0.6) is 0 Å². The van der Waals surface area contributed by atoms with Gasteiger partial charge in [-0.3, -0.25) is 9.78 Å². The van der Waals surface area contributed by atoms with E-state index >= 15 is 0 Å². The van der Waals surface area contributed by atoms with Gasteiger partial charge < -0.3 is 10.8 Å². The Hall–Kier alpha value is -1.17. The van der Waals surface area contributed by atoms with E-state index < -0.39 is 12.0 Å². The van der Waals surface area contributed by atoms with Crippen LogP contribution in [0.25, 0.3) is 10.9 Å². The number of halogens is 2. The van der Waals surface area contributed by atoms with Gasteiger partial charge in [0.05, 0.1) is 10.5 Å². The summed E-state index contributed by atoms with van der Waals surface area (Å²) in [5.41, 5.74) is 6.99. The minimum atomic E-state index is -1.03. The van der Waals surface area contributed by atoms with Crippen LogP contribution in [0.15, 0.2) is 28.9 Å². The molecule has 94 valence electrons. The largest absolute Gasteiger partial charge is 0.480 e. The number of hydrogen-bond donors (Lipinski definition) is 2. The number of aliphatic carboxylic acids is 1. The molecule has 0 amide bonds. The Balaban J connectivity index is 2.56. The van der Waals surface area contributed by atoms with Crippen LogP contribution in [0.3, 0.4) is 0 Å². The molecule has 6 heteroatoms. The zero-order valence-corrected chi connectivity index (χ0v) is 11.6. The fraction of sp³-hybridized carbons (Fsp3) is 0.167. The van der Waals surface area contributed by atoms with Crippen molar-refractivity contribution >= 4 is 44.4 Å². The first-order valence-corrected chi connectivity index (χ1v) is 6.37. The van der Waals surface area contributed by atoms with Crippen LogP contribution >= 0.6 is 27.5 Å². The summed E-state index contributed by atoms with van der Waals surface area (Å²) in [7, 11) is 0. The maximum atomic E-state index is 10.8. The molecule has 2 rings (SSSR count). The molecule has 2 aromatic rings. The molecule has 1 unspecified atom stereocenters. The number of fused-ring (bicyclic) bond motifs is 1. The molecule has 18 heavy (non-hydrogen) atoms. The summed E-state index contributed by atoms with van der Waals surface area (Å²) in [5, 5.41) is 10.2. The molecule has 0 fully saturated rings. The van der Waals surface area contributed by atoms with E-state index in [4.69, 9.17) is 22.4 Å². The minimum absolute atomic E-state index is 0.215. The number of pyridine rings is 1. The highest BCUT2D eigenvalue weighted by Crippen LogP contribution is 2.31. The normalized spacial score (nSPS) is 12.6. The SMILES string of the molecule is NC(Cc1ccc(Br)c2c(Cl)ccnc12)C(=O)O. The van der Waals surface area contributed by atoms with E-state index in [0.717, 1.165) is 15.4 Å². The standard InChI is InChI=1S/C12H10BrClN2O2/c13-7-2-1-6(5-9(15)12(17)18)11-10(7)8(14)3-4-16-11/h1-4,9H,5,15H2,(H,17,18). The maximum Gasteiger partial charge on any atom is 0.320 e. The smallest absolute Gasteiger partial charge is 0.320 e. The van der Waals surface area contributed by atoms with Crippen molar-refractivity contribution in [2.24, 2.45) is 5.73 Å². The molecule has 0 saturated carbocycles. The number of hydrogen-bond acceptors (Lipinski definition) is 3. The van der Waals surface area contributed by atoms with Crippen LogP contribution in [-0.4, -0.2) is 22.1 Å². The second-order valence-electron chi connectivity index (χ2n) is 3.87. The van der Waals surface area contributed by atoms with E-state index in [1.165, 1.54) is 0 Å². The Bertz CT molecular complexity index is 610. The number of nitrogens with zero attached hydrogens (tertiary/aromatic N) is 1. The van der Waals surface area contributed by atoms with Crippen LogP contribution in [0.4, 0.5) is 0 Å². The fourth-order valence-electron chi connectivity index (χ4n) is 1.73. The molecule has 1 atom stereocenters. The summed E-state index contributed by atoms with van der Waals surface area (Å²) in [6.45, 7) is 0. The summed E-state index contributed by atoms with van der Waals surface area (Å²) in [4.78, 5) is 15.0. The number of carboxylic acids is 1. The van der Waals surface area contributed by atoms with Crippen LogP contribution < -0.4 is 5.73 Å². The third-order valence-electron chi connectivity index (χ3n) is 2.63. The average molecular weight is 330 g/mol. The monoisotopic (exact) mass is 328 g/mol. The molecular formula is C12H10BrClN2O2. The van der Waals surface area contributed by atoms with Crippen LogP contribution in [0.2, 0.25) is 5.02 Å². The average Bonchev–Trinajstić information content (AvgIpc) is 2.32. The summed E-state index contributed by atoms with van der Waals surface area (Å²) in [5.74, 6) is -1.03. The maximum absolute atomic E-state index is 10.8. The van der Waals surface area contributed by atoms with Crippen molar-refractivity contribution in [1.29, 1.82) is 0 Å². The summed E-state index contributed by atoms with van der Waals surface area (Å²) >= 11 is 9.52. The van der Waals surface area contributed by atoms with E-state index in [-0.39, 0.29) is 6.42 Å². The number of aromatic nitrogens is 1. The topological polar surface area (TPSA) is 76.2 Å². The highest BCUT2D eigenvalue weighted by atomic mass is 79.9. The lowest BCUT2D eigenvalue weighted by Crippen LogP contribution is -2.32. The fourth-order valence-corrected chi connectivity index (χ4v) is 2.63. The molecule has 0 bridgehead atoms. The second kappa shape index (κ2) is 5.22. The predicted molar refractivity (Wildman–Crippen MR) is 73.8 cm³/mol. The lowest BCUT2D eigenvalue weighted by Gasteiger charge is -2.10. The molecule has 1 aromatic carbocycles. The summed E-state index contributed by atoms with van der Waals surface area (Å²) in [6.07, 6.45) is 1.80. The Morgan fingerprint density at radius 3 is 2.89 bits per heavy atom. The van der Waals surface area contributed by atoms with E-state index in [0.29, 0.717) is 10.5 Å². The molecule has 1 heterocycles. The molecule has 0 radical (unpaired) electrons. The number of rotatable bonds is 3. The zero-order valence-electron chi connectivity index (χ0n) is 9.23. The van der Waals surface area contributed by atoms with Gasteiger partial charge in [0.25, 0.3) is 0 Å². The molecular weight excluding hydrogens is 320 g/mol. The predicted octanol–water partition coefficient (Wildman–Crippen LogP) is 2.61. The summed E-state index contributed by atoms with van der Waals surface area (Å²) < 4.78 is 0.822. The third-order valence-corrected chi connectivity index (χ3v) is 3.61. The lowest BCUT2D eigenvalue weighted by molar-refractivity contribution is -0.138. The van der Waals surface area contributed by atoms with E-state index in [2.05, 4.69) is 20.9 Å². The van der Waals surface area contributed by atoms with Gasteiger partial charge in [-0.1, -0.05) is 33.6 Å². The quantitative estimate of drug-likeness (QED) is 0.907. The van der Waals surface area contributed by atoms with Gasteiger partial charge in [-0.25, -0.2) is 0 Å². The van der Waals surface area contributed by atoms with E-state index in [1.807, 2.05) is 6.07 Å². The van der Waals surface area contributed by atoms with Gasteiger partial charge in [0.15, 0.2) is 0 Å². The molecule has 0 aliphatic rings. The van der Waals surface area contributed by atoms with Crippen molar-refractivity contribution < 1.29 is 9.90 Å². The van der Waals surface area contributed by atoms with Crippen molar-refractivity contribution in [1.82, 2.24) is 4.98 Å². The van der Waals surface area contributed by atoms with Crippen molar-refractivity contribution in [3.8, 4) is 0 Å². The number of benzene rings is 1. The van der Waals surface area contributed by atoms with Gasteiger partial charge in [-0.05, 0) is 17.7 Å². The molecule has 0 aliphatic heterocycles. The molecule has 1 aromatic heterocycles. The molecule has 4 nitrogen and oxygen atoms in total. The number of carbonyl (C=O) groups is 1. The van der Waals surface area contributed by atoms with Crippen molar-refractivity contribution in [2.45, 2.75) is 12.5 Å². The van der Waals surface area contributed by atoms with E-state index in [1.54, 1.807) is 18.3 Å². The highest BCUT2D eigenvalue weighted by Gasteiger charge is 2.16. The Labute approximate surface area is 117 Å². The minimum Gasteiger partial charge on any atom is -0.480 e. The zero-order chi connectivity index (χ0) is 13.3. The van der Waals surface area contributed by atoms with Crippen molar-refractivity contribution in [3.63, 3.8) is 0 Å². The summed E-state index contributed by atoms with van der Waals surface area (Å²) in [6, 6.07) is 4.36. The van der Waals surface area contributed by atoms with Gasteiger partial charge in [0.2, 0.25) is 0 Å². The van der Waals surface area contributed by atoms with Gasteiger partial charge in [0.1, 0.15) is 6.04 Å². The first-order valence-electron chi connectivity index (χ1n) is 5.20. The Morgan fingerprint density at radius 1 is 1.50 bits per heavy atom. The Kier molecular flexibility index (Phi) is 3.85. The van der Waals surface area contributed by atoms with Gasteiger partial charge in [-0.2, -0.15) is 0 Å². The Morgan fingerprint density at radius 2 is 2.22 bits per heavy atom. The highest BCUT2D eigenvalue weighted by molar-refractivity contribution is 9.10. The van der Waals surface area contributed by atoms with Crippen LogP contribution in [0.1, 0.15) is 5.56 Å². The molecule has 0 saturated heterocycles. The lowest BCUT2D eigenvalue weighted by atomic mass is 10.0. The number of nitrogens with two attached hydrogens (primary N) is 1. The van der Waals surface area contributed by atoms with Crippen LogP contribution in [-0.2, 0) is 11.2 Å².